The molecular weight excluding hydrogens is 448 g/mol. The Kier molecular flexibility index (Phi) is 8.71. The van der Waals surface area contributed by atoms with Gasteiger partial charge in [-0.15, -0.1) is 0 Å². The highest BCUT2D eigenvalue weighted by molar-refractivity contribution is 7.92. The van der Waals surface area contributed by atoms with E-state index >= 15 is 0 Å². The van der Waals surface area contributed by atoms with Crippen LogP contribution in [0.25, 0.3) is 0 Å². The first-order chi connectivity index (χ1) is 16.3. The molecular formula is C27H32N2O4S. The van der Waals surface area contributed by atoms with Crippen molar-refractivity contribution in [2.75, 3.05) is 24.0 Å². The van der Waals surface area contributed by atoms with Crippen LogP contribution in [0.15, 0.2) is 83.8 Å². The first-order valence-corrected chi connectivity index (χ1v) is 12.9. The van der Waals surface area contributed by atoms with Crippen LogP contribution in [0.1, 0.15) is 37.8 Å². The van der Waals surface area contributed by atoms with Crippen molar-refractivity contribution in [3.8, 4) is 5.75 Å². The van der Waals surface area contributed by atoms with Crippen LogP contribution in [-0.2, 0) is 21.2 Å². The highest BCUT2D eigenvalue weighted by atomic mass is 32.2. The van der Waals surface area contributed by atoms with Crippen LogP contribution in [0.3, 0.4) is 0 Å². The average molecular weight is 481 g/mol. The van der Waals surface area contributed by atoms with Gasteiger partial charge in [-0.2, -0.15) is 0 Å². The Balaban J connectivity index is 1.68. The molecule has 0 fully saturated rings. The van der Waals surface area contributed by atoms with E-state index < -0.39 is 15.9 Å². The second-order valence-corrected chi connectivity index (χ2v) is 10.1. The third kappa shape index (κ3) is 6.60. The van der Waals surface area contributed by atoms with E-state index in [1.165, 1.54) is 17.7 Å². The number of aryl methyl sites for hydroxylation is 1. The number of carbonyl (C=O) groups excluding carboxylic acids is 1. The summed E-state index contributed by atoms with van der Waals surface area (Å²) in [7, 11) is -3.92. The zero-order chi connectivity index (χ0) is 24.6. The normalized spacial score (nSPS) is 11.3. The summed E-state index contributed by atoms with van der Waals surface area (Å²) >= 11 is 0. The molecule has 0 heterocycles. The van der Waals surface area contributed by atoms with Crippen LogP contribution in [0.2, 0.25) is 0 Å². The van der Waals surface area contributed by atoms with Gasteiger partial charge in [0.05, 0.1) is 17.1 Å². The maximum Gasteiger partial charge on any atom is 0.264 e. The van der Waals surface area contributed by atoms with Gasteiger partial charge in [-0.05, 0) is 59.9 Å². The van der Waals surface area contributed by atoms with Gasteiger partial charge >= 0.3 is 0 Å². The minimum absolute atomic E-state index is 0.134. The topological polar surface area (TPSA) is 75.7 Å². The van der Waals surface area contributed by atoms with E-state index in [2.05, 4.69) is 26.1 Å². The summed E-state index contributed by atoms with van der Waals surface area (Å²) in [6.45, 7) is 6.45. The number of hydrogen-bond acceptors (Lipinski definition) is 4. The van der Waals surface area contributed by atoms with Gasteiger partial charge in [0.2, 0.25) is 5.91 Å². The fourth-order valence-electron chi connectivity index (χ4n) is 3.43. The maximum absolute atomic E-state index is 13.4. The highest BCUT2D eigenvalue weighted by Crippen LogP contribution is 2.25. The summed E-state index contributed by atoms with van der Waals surface area (Å²) in [5.74, 6) is 0.636. The predicted molar refractivity (Wildman–Crippen MR) is 136 cm³/mol. The highest BCUT2D eigenvalue weighted by Gasteiger charge is 2.27. The SMILES string of the molecule is CCc1ccc(OCCNC(=O)CN(c2ccc(C(C)C)cc2)S(=O)(=O)c2ccccc2)cc1. The van der Waals surface area contributed by atoms with Crippen molar-refractivity contribution < 1.29 is 17.9 Å². The summed E-state index contributed by atoms with van der Waals surface area (Å²) in [5, 5.41) is 2.76. The lowest BCUT2D eigenvalue weighted by atomic mass is 10.0. The molecule has 0 bridgehead atoms. The largest absolute Gasteiger partial charge is 0.492 e. The van der Waals surface area contributed by atoms with Crippen molar-refractivity contribution >= 4 is 21.6 Å². The van der Waals surface area contributed by atoms with Gasteiger partial charge in [-0.25, -0.2) is 8.42 Å². The Hall–Kier alpha value is -3.32. The number of anilines is 1. The van der Waals surface area contributed by atoms with E-state index in [4.69, 9.17) is 4.74 Å². The molecule has 0 spiro atoms. The van der Waals surface area contributed by atoms with Crippen LogP contribution < -0.4 is 14.4 Å². The van der Waals surface area contributed by atoms with E-state index in [1.54, 1.807) is 30.3 Å². The molecule has 0 radical (unpaired) electrons. The Morgan fingerprint density at radius 1 is 0.941 bits per heavy atom. The number of nitrogens with one attached hydrogen (secondary N) is 1. The maximum atomic E-state index is 13.4. The number of hydrogen-bond donors (Lipinski definition) is 1. The fourth-order valence-corrected chi connectivity index (χ4v) is 4.87. The molecule has 0 aromatic heterocycles. The van der Waals surface area contributed by atoms with Crippen molar-refractivity contribution in [2.24, 2.45) is 0 Å². The average Bonchev–Trinajstić information content (AvgIpc) is 2.86. The molecule has 7 heteroatoms. The van der Waals surface area contributed by atoms with E-state index in [0.717, 1.165) is 22.0 Å². The van der Waals surface area contributed by atoms with Gasteiger partial charge in [-0.1, -0.05) is 63.2 Å². The second kappa shape index (κ2) is 11.7. The molecule has 0 unspecified atom stereocenters. The molecule has 34 heavy (non-hydrogen) atoms. The quantitative estimate of drug-likeness (QED) is 0.402. The standard InChI is InChI=1S/C27H32N2O4S/c1-4-22-10-16-25(17-11-22)33-19-18-28-27(30)20-29(24-14-12-23(13-15-24)21(2)3)34(31,32)26-8-6-5-7-9-26/h5-17,21H,4,18-20H2,1-3H3,(H,28,30). The van der Waals surface area contributed by atoms with Crippen molar-refractivity contribution in [3.63, 3.8) is 0 Å². The molecule has 0 atom stereocenters. The molecule has 0 saturated carbocycles. The predicted octanol–water partition coefficient (Wildman–Crippen LogP) is 4.76. The molecule has 0 aliphatic rings. The van der Waals surface area contributed by atoms with Gasteiger partial charge < -0.3 is 10.1 Å². The molecule has 0 saturated heterocycles. The summed E-state index contributed by atoms with van der Waals surface area (Å²) in [6.07, 6.45) is 0.957. The number of sulfonamides is 1. The van der Waals surface area contributed by atoms with Gasteiger partial charge in [0.15, 0.2) is 0 Å². The van der Waals surface area contributed by atoms with Gasteiger partial charge in [0.25, 0.3) is 10.0 Å². The number of ether oxygens (including phenoxy) is 1. The monoisotopic (exact) mass is 480 g/mol. The van der Waals surface area contributed by atoms with Gasteiger partial charge in [0, 0.05) is 0 Å². The lowest BCUT2D eigenvalue weighted by Gasteiger charge is -2.24. The molecule has 3 aromatic rings. The van der Waals surface area contributed by atoms with E-state index in [0.29, 0.717) is 11.6 Å². The summed E-state index contributed by atoms with van der Waals surface area (Å²) < 4.78 is 33.6. The van der Waals surface area contributed by atoms with Crippen LogP contribution in [0, 0.1) is 0 Å². The summed E-state index contributed by atoms with van der Waals surface area (Å²) in [6, 6.07) is 23.2. The molecule has 180 valence electrons. The van der Waals surface area contributed by atoms with Crippen molar-refractivity contribution in [1.29, 1.82) is 0 Å². The molecule has 3 rings (SSSR count). The molecule has 0 aliphatic carbocycles. The van der Waals surface area contributed by atoms with Crippen LogP contribution in [-0.4, -0.2) is 34.0 Å². The summed E-state index contributed by atoms with van der Waals surface area (Å²) in [4.78, 5) is 12.8. The van der Waals surface area contributed by atoms with E-state index in [9.17, 15) is 13.2 Å². The Labute approximate surface area is 202 Å². The molecule has 0 aliphatic heterocycles. The number of carbonyl (C=O) groups is 1. The van der Waals surface area contributed by atoms with Crippen molar-refractivity contribution in [2.45, 2.75) is 38.0 Å². The number of benzene rings is 3. The Morgan fingerprint density at radius 2 is 1.59 bits per heavy atom. The fraction of sp³-hybridized carbons (Fsp3) is 0.296. The van der Waals surface area contributed by atoms with Gasteiger partial charge in [-0.3, -0.25) is 9.10 Å². The van der Waals surface area contributed by atoms with E-state index in [-0.39, 0.29) is 24.6 Å². The number of amides is 1. The third-order valence-corrected chi connectivity index (χ3v) is 7.28. The lowest BCUT2D eigenvalue weighted by molar-refractivity contribution is -0.119. The second-order valence-electron chi connectivity index (χ2n) is 8.27. The number of nitrogens with zero attached hydrogens (tertiary/aromatic N) is 1. The van der Waals surface area contributed by atoms with Crippen LogP contribution in [0.4, 0.5) is 5.69 Å². The Morgan fingerprint density at radius 3 is 2.18 bits per heavy atom. The van der Waals surface area contributed by atoms with E-state index in [1.807, 2.05) is 36.4 Å². The molecule has 1 amide bonds. The number of rotatable bonds is 11. The van der Waals surface area contributed by atoms with Gasteiger partial charge in [0.1, 0.15) is 18.9 Å². The first kappa shape index (κ1) is 25.3. The smallest absolute Gasteiger partial charge is 0.264 e. The minimum atomic E-state index is -3.92. The first-order valence-electron chi connectivity index (χ1n) is 11.5. The van der Waals surface area contributed by atoms with Crippen molar-refractivity contribution in [3.05, 3.63) is 90.0 Å². The minimum Gasteiger partial charge on any atom is -0.492 e. The molecule has 1 N–H and O–H groups in total. The zero-order valence-electron chi connectivity index (χ0n) is 19.9. The van der Waals surface area contributed by atoms with Crippen LogP contribution >= 0.6 is 0 Å². The lowest BCUT2D eigenvalue weighted by Crippen LogP contribution is -2.41. The summed E-state index contributed by atoms with van der Waals surface area (Å²) in [5.41, 5.74) is 2.76. The third-order valence-electron chi connectivity index (χ3n) is 5.49. The molecule has 6 nitrogen and oxygen atoms in total. The van der Waals surface area contributed by atoms with Crippen molar-refractivity contribution in [1.82, 2.24) is 5.32 Å². The Bertz CT molecular complexity index is 1160. The van der Waals surface area contributed by atoms with Crippen LogP contribution in [0.5, 0.6) is 5.75 Å². The zero-order valence-corrected chi connectivity index (χ0v) is 20.7. The molecule has 3 aromatic carbocycles.